The molecule has 0 radical (unpaired) electrons. The lowest BCUT2D eigenvalue weighted by Crippen LogP contribution is -2.31. The van der Waals surface area contributed by atoms with Crippen LogP contribution in [0.15, 0.2) is 6.07 Å². The maximum atomic E-state index is 5.71. The van der Waals surface area contributed by atoms with Crippen LogP contribution < -0.4 is 11.5 Å². The maximum Gasteiger partial charge on any atom is 0.169 e. The van der Waals surface area contributed by atoms with Crippen molar-refractivity contribution in [2.45, 2.75) is 19.3 Å². The lowest BCUT2D eigenvalue weighted by atomic mass is 9.92. The maximum absolute atomic E-state index is 5.71. The molecule has 2 rings (SSSR count). The Morgan fingerprint density at radius 2 is 2.00 bits per heavy atom. The molecule has 1 aliphatic heterocycles. The minimum atomic E-state index is 0.326. The molecule has 0 bridgehead atoms. The van der Waals surface area contributed by atoms with E-state index in [0.717, 1.165) is 12.1 Å². The fourth-order valence-corrected chi connectivity index (χ4v) is 2.12. The fourth-order valence-electron chi connectivity index (χ4n) is 2.12. The molecule has 2 heterocycles. The first-order chi connectivity index (χ1) is 7.65. The zero-order valence-electron chi connectivity index (χ0n) is 9.69. The Morgan fingerprint density at radius 1 is 1.31 bits per heavy atom. The van der Waals surface area contributed by atoms with E-state index in [9.17, 15) is 0 Å². The highest BCUT2D eigenvalue weighted by Gasteiger charge is 2.17. The summed E-state index contributed by atoms with van der Waals surface area (Å²) in [5.74, 6) is 1.03. The molecule has 0 atom stereocenters. The molecule has 88 valence electrons. The first kappa shape index (κ1) is 11.1. The van der Waals surface area contributed by atoms with Crippen molar-refractivity contribution in [3.63, 3.8) is 0 Å². The van der Waals surface area contributed by atoms with Crippen molar-refractivity contribution in [1.29, 1.82) is 0 Å². The van der Waals surface area contributed by atoms with Gasteiger partial charge < -0.3 is 16.4 Å². The lowest BCUT2D eigenvalue weighted by molar-refractivity contribution is 0.218. The molecule has 0 spiro atoms. The molecule has 0 aromatic carbocycles. The van der Waals surface area contributed by atoms with Gasteiger partial charge in [-0.15, -0.1) is 5.10 Å². The van der Waals surface area contributed by atoms with Crippen LogP contribution in [0.1, 0.15) is 18.5 Å². The molecule has 0 unspecified atom stereocenters. The Labute approximate surface area is 95.8 Å². The third-order valence-corrected chi connectivity index (χ3v) is 3.24. The number of anilines is 2. The number of nitrogen functional groups attached to an aromatic ring is 2. The molecule has 1 aliphatic rings. The molecule has 5 nitrogen and oxygen atoms in total. The van der Waals surface area contributed by atoms with Crippen molar-refractivity contribution >= 4 is 11.5 Å². The van der Waals surface area contributed by atoms with Crippen LogP contribution in [-0.2, 0) is 6.42 Å². The zero-order valence-corrected chi connectivity index (χ0v) is 9.69. The van der Waals surface area contributed by atoms with E-state index in [-0.39, 0.29) is 0 Å². The minimum Gasteiger partial charge on any atom is -0.396 e. The van der Waals surface area contributed by atoms with Crippen LogP contribution in [0.4, 0.5) is 11.5 Å². The molecule has 16 heavy (non-hydrogen) atoms. The van der Waals surface area contributed by atoms with Gasteiger partial charge in [-0.05, 0) is 51.4 Å². The number of aromatic nitrogens is 2. The van der Waals surface area contributed by atoms with E-state index in [1.165, 1.54) is 25.9 Å². The topological polar surface area (TPSA) is 81.1 Å². The fraction of sp³-hybridized carbons (Fsp3) is 0.636. The second kappa shape index (κ2) is 4.65. The number of rotatable bonds is 2. The number of piperidine rings is 1. The SMILES string of the molecule is CN1CCC(Cc2cc(N)c(N)nn2)CC1. The normalized spacial score (nSPS) is 18.8. The van der Waals surface area contributed by atoms with Gasteiger partial charge in [0.1, 0.15) is 0 Å². The summed E-state index contributed by atoms with van der Waals surface area (Å²) in [6.07, 6.45) is 3.41. The Balaban J connectivity index is 1.96. The van der Waals surface area contributed by atoms with Gasteiger partial charge in [0.2, 0.25) is 0 Å². The Morgan fingerprint density at radius 3 is 2.62 bits per heavy atom. The second-order valence-electron chi connectivity index (χ2n) is 4.63. The summed E-state index contributed by atoms with van der Waals surface area (Å²) in [4.78, 5) is 2.36. The number of likely N-dealkylation sites (tertiary alicyclic amines) is 1. The Bertz CT molecular complexity index is 357. The van der Waals surface area contributed by atoms with Crippen LogP contribution in [0, 0.1) is 5.92 Å². The Kier molecular flexibility index (Phi) is 3.24. The van der Waals surface area contributed by atoms with E-state index in [1.54, 1.807) is 0 Å². The molecule has 0 saturated carbocycles. The van der Waals surface area contributed by atoms with Gasteiger partial charge in [-0.25, -0.2) is 0 Å². The molecular formula is C11H19N5. The van der Waals surface area contributed by atoms with Crippen LogP contribution in [0.2, 0.25) is 0 Å². The molecule has 1 fully saturated rings. The van der Waals surface area contributed by atoms with Gasteiger partial charge in [0.25, 0.3) is 0 Å². The summed E-state index contributed by atoms with van der Waals surface area (Å²) < 4.78 is 0. The predicted octanol–water partition coefficient (Wildman–Crippen LogP) is 0.525. The van der Waals surface area contributed by atoms with E-state index in [1.807, 2.05) is 6.07 Å². The number of hydrogen-bond acceptors (Lipinski definition) is 5. The highest BCUT2D eigenvalue weighted by Crippen LogP contribution is 2.21. The number of hydrogen-bond donors (Lipinski definition) is 2. The largest absolute Gasteiger partial charge is 0.396 e. The predicted molar refractivity (Wildman–Crippen MR) is 64.8 cm³/mol. The summed E-state index contributed by atoms with van der Waals surface area (Å²) in [6.45, 7) is 2.34. The zero-order chi connectivity index (χ0) is 11.5. The van der Waals surface area contributed by atoms with Gasteiger partial charge in [-0.1, -0.05) is 0 Å². The average molecular weight is 221 g/mol. The van der Waals surface area contributed by atoms with Crippen LogP contribution in [0.25, 0.3) is 0 Å². The van der Waals surface area contributed by atoms with E-state index in [4.69, 9.17) is 11.5 Å². The summed E-state index contributed by atoms with van der Waals surface area (Å²) in [6, 6.07) is 1.85. The molecule has 1 saturated heterocycles. The van der Waals surface area contributed by atoms with Crippen LogP contribution in [-0.4, -0.2) is 35.2 Å². The quantitative estimate of drug-likeness (QED) is 0.761. The van der Waals surface area contributed by atoms with Crippen molar-refractivity contribution in [1.82, 2.24) is 15.1 Å². The van der Waals surface area contributed by atoms with Crippen molar-refractivity contribution in [3.8, 4) is 0 Å². The van der Waals surface area contributed by atoms with Gasteiger partial charge in [-0.3, -0.25) is 0 Å². The van der Waals surface area contributed by atoms with Crippen LogP contribution in [0.3, 0.4) is 0 Å². The van der Waals surface area contributed by atoms with Crippen molar-refractivity contribution in [2.75, 3.05) is 31.6 Å². The summed E-state index contributed by atoms with van der Waals surface area (Å²) in [7, 11) is 2.16. The standard InChI is InChI=1S/C11H19N5/c1-16-4-2-8(3-5-16)6-9-7-10(12)11(13)15-14-9/h7-8H,2-6H2,1H3,(H2,12,14)(H2,13,15). The van der Waals surface area contributed by atoms with Crippen molar-refractivity contribution in [3.05, 3.63) is 11.8 Å². The van der Waals surface area contributed by atoms with Gasteiger partial charge in [0.05, 0.1) is 11.4 Å². The van der Waals surface area contributed by atoms with E-state index in [0.29, 0.717) is 17.4 Å². The summed E-state index contributed by atoms with van der Waals surface area (Å²) >= 11 is 0. The van der Waals surface area contributed by atoms with Crippen LogP contribution >= 0.6 is 0 Å². The molecule has 0 amide bonds. The summed E-state index contributed by atoms with van der Waals surface area (Å²) in [5.41, 5.74) is 12.7. The average Bonchev–Trinajstić information content (AvgIpc) is 2.27. The third-order valence-electron chi connectivity index (χ3n) is 3.24. The monoisotopic (exact) mass is 221 g/mol. The van der Waals surface area contributed by atoms with E-state index < -0.39 is 0 Å². The molecule has 0 aliphatic carbocycles. The van der Waals surface area contributed by atoms with Gasteiger partial charge >= 0.3 is 0 Å². The first-order valence-corrected chi connectivity index (χ1v) is 5.71. The molecule has 1 aromatic heterocycles. The number of nitrogens with two attached hydrogens (primary N) is 2. The van der Waals surface area contributed by atoms with Crippen LogP contribution in [0.5, 0.6) is 0 Å². The van der Waals surface area contributed by atoms with Gasteiger partial charge in [-0.2, -0.15) is 5.10 Å². The summed E-state index contributed by atoms with van der Waals surface area (Å²) in [5, 5.41) is 7.94. The highest BCUT2D eigenvalue weighted by atomic mass is 15.1. The van der Waals surface area contributed by atoms with Crippen molar-refractivity contribution < 1.29 is 0 Å². The highest BCUT2D eigenvalue weighted by molar-refractivity contribution is 5.57. The van der Waals surface area contributed by atoms with E-state index in [2.05, 4.69) is 22.1 Å². The second-order valence-corrected chi connectivity index (χ2v) is 4.63. The first-order valence-electron chi connectivity index (χ1n) is 5.71. The van der Waals surface area contributed by atoms with Gasteiger partial charge in [0.15, 0.2) is 5.82 Å². The third kappa shape index (κ3) is 2.61. The van der Waals surface area contributed by atoms with E-state index >= 15 is 0 Å². The Hall–Kier alpha value is -1.36. The van der Waals surface area contributed by atoms with Crippen molar-refractivity contribution in [2.24, 2.45) is 5.92 Å². The smallest absolute Gasteiger partial charge is 0.169 e. The lowest BCUT2D eigenvalue weighted by Gasteiger charge is -2.28. The van der Waals surface area contributed by atoms with Gasteiger partial charge in [0, 0.05) is 0 Å². The molecular weight excluding hydrogens is 202 g/mol. The minimum absolute atomic E-state index is 0.326. The molecule has 5 heteroatoms. The molecule has 1 aromatic rings. The number of nitrogens with zero attached hydrogens (tertiary/aromatic N) is 3. The molecule has 4 N–H and O–H groups in total.